The highest BCUT2D eigenvalue weighted by atomic mass is 35.5. The highest BCUT2D eigenvalue weighted by Crippen LogP contribution is 2.26. The number of halogens is 2. The molecule has 94 valence electrons. The van der Waals surface area contributed by atoms with Gasteiger partial charge in [0.2, 0.25) is 0 Å². The van der Waals surface area contributed by atoms with E-state index in [9.17, 15) is 4.79 Å². The molecule has 0 spiro atoms. The van der Waals surface area contributed by atoms with Crippen molar-refractivity contribution in [1.29, 1.82) is 5.26 Å². The highest BCUT2D eigenvalue weighted by Gasteiger charge is 2.12. The number of carbonyl (C=O) groups is 1. The van der Waals surface area contributed by atoms with E-state index in [1.165, 1.54) is 0 Å². The lowest BCUT2D eigenvalue weighted by molar-refractivity contribution is 0.102. The van der Waals surface area contributed by atoms with Crippen LogP contribution in [0.25, 0.3) is 0 Å². The van der Waals surface area contributed by atoms with E-state index in [0.717, 1.165) is 0 Å². The van der Waals surface area contributed by atoms with Gasteiger partial charge in [-0.05, 0) is 36.4 Å². The van der Waals surface area contributed by atoms with Crippen LogP contribution in [0.3, 0.4) is 0 Å². The van der Waals surface area contributed by atoms with Gasteiger partial charge < -0.3 is 5.32 Å². The Morgan fingerprint density at radius 3 is 2.42 bits per heavy atom. The molecule has 5 heteroatoms. The van der Waals surface area contributed by atoms with Gasteiger partial charge in [-0.25, -0.2) is 0 Å². The first kappa shape index (κ1) is 13.4. The van der Waals surface area contributed by atoms with Crippen molar-refractivity contribution in [2.75, 3.05) is 5.32 Å². The number of amides is 1. The number of benzene rings is 2. The minimum absolute atomic E-state index is 0.218. The molecule has 2 aromatic rings. The molecule has 3 nitrogen and oxygen atoms in total. The molecule has 0 fully saturated rings. The Labute approximate surface area is 120 Å². The predicted octanol–water partition coefficient (Wildman–Crippen LogP) is 4.12. The largest absolute Gasteiger partial charge is 0.322 e. The molecular formula is C14H8Cl2N2O. The molecule has 0 aliphatic carbocycles. The van der Waals surface area contributed by atoms with Gasteiger partial charge in [-0.1, -0.05) is 29.3 Å². The third-order valence-corrected chi connectivity index (χ3v) is 3.29. The van der Waals surface area contributed by atoms with Crippen LogP contribution in [0.4, 0.5) is 5.69 Å². The van der Waals surface area contributed by atoms with Gasteiger partial charge in [-0.2, -0.15) is 5.26 Å². The SMILES string of the molecule is N#Cc1ccc(NC(=O)c2cccc(Cl)c2Cl)cc1. The molecule has 0 heterocycles. The van der Waals surface area contributed by atoms with Crippen molar-refractivity contribution in [3.05, 3.63) is 63.6 Å². The lowest BCUT2D eigenvalue weighted by atomic mass is 10.2. The van der Waals surface area contributed by atoms with Crippen molar-refractivity contribution in [3.63, 3.8) is 0 Å². The molecule has 1 amide bonds. The molecule has 0 saturated heterocycles. The predicted molar refractivity (Wildman–Crippen MR) is 75.6 cm³/mol. The fourth-order valence-corrected chi connectivity index (χ4v) is 1.89. The Morgan fingerprint density at radius 2 is 1.79 bits per heavy atom. The van der Waals surface area contributed by atoms with Crippen LogP contribution in [0.5, 0.6) is 0 Å². The third kappa shape index (κ3) is 3.05. The first-order valence-corrected chi connectivity index (χ1v) is 6.13. The van der Waals surface area contributed by atoms with Gasteiger partial charge >= 0.3 is 0 Å². The molecule has 0 unspecified atom stereocenters. The highest BCUT2D eigenvalue weighted by molar-refractivity contribution is 6.44. The van der Waals surface area contributed by atoms with Gasteiger partial charge in [-0.15, -0.1) is 0 Å². The first-order valence-electron chi connectivity index (χ1n) is 5.37. The molecule has 0 atom stereocenters. The molecule has 0 saturated carbocycles. The van der Waals surface area contributed by atoms with E-state index >= 15 is 0 Å². The summed E-state index contributed by atoms with van der Waals surface area (Å²) in [6.45, 7) is 0. The van der Waals surface area contributed by atoms with Gasteiger partial charge in [0.25, 0.3) is 5.91 Å². The Kier molecular flexibility index (Phi) is 4.06. The lowest BCUT2D eigenvalue weighted by Gasteiger charge is -2.07. The molecular weight excluding hydrogens is 283 g/mol. The standard InChI is InChI=1S/C14H8Cl2N2O/c15-12-3-1-2-11(13(12)16)14(19)18-10-6-4-9(8-17)5-7-10/h1-7H,(H,18,19). The van der Waals surface area contributed by atoms with E-state index < -0.39 is 0 Å². The summed E-state index contributed by atoms with van der Waals surface area (Å²) in [5.74, 6) is -0.350. The summed E-state index contributed by atoms with van der Waals surface area (Å²) in [5, 5.41) is 11.9. The van der Waals surface area contributed by atoms with Gasteiger partial charge in [0, 0.05) is 5.69 Å². The Morgan fingerprint density at radius 1 is 1.11 bits per heavy atom. The second-order valence-electron chi connectivity index (χ2n) is 3.74. The fraction of sp³-hybridized carbons (Fsp3) is 0. The van der Waals surface area contributed by atoms with Crippen molar-refractivity contribution in [2.24, 2.45) is 0 Å². The van der Waals surface area contributed by atoms with Gasteiger partial charge in [0.05, 0.1) is 27.2 Å². The van der Waals surface area contributed by atoms with E-state index in [4.69, 9.17) is 28.5 Å². The second kappa shape index (κ2) is 5.75. The number of hydrogen-bond donors (Lipinski definition) is 1. The molecule has 0 aliphatic heterocycles. The van der Waals surface area contributed by atoms with Crippen molar-refractivity contribution in [1.82, 2.24) is 0 Å². The van der Waals surface area contributed by atoms with Crippen LogP contribution in [0.15, 0.2) is 42.5 Å². The third-order valence-electron chi connectivity index (χ3n) is 2.47. The second-order valence-corrected chi connectivity index (χ2v) is 4.53. The lowest BCUT2D eigenvalue weighted by Crippen LogP contribution is -2.12. The normalized spacial score (nSPS) is 9.74. The van der Waals surface area contributed by atoms with Crippen molar-refractivity contribution < 1.29 is 4.79 Å². The van der Waals surface area contributed by atoms with Crippen molar-refractivity contribution in [2.45, 2.75) is 0 Å². The molecule has 0 aromatic heterocycles. The summed E-state index contributed by atoms with van der Waals surface area (Å²) in [7, 11) is 0. The zero-order valence-electron chi connectivity index (χ0n) is 9.65. The fourth-order valence-electron chi connectivity index (χ4n) is 1.51. The minimum Gasteiger partial charge on any atom is -0.322 e. The van der Waals surface area contributed by atoms with Crippen molar-refractivity contribution in [3.8, 4) is 6.07 Å². The number of nitriles is 1. The summed E-state index contributed by atoms with van der Waals surface area (Å²) < 4.78 is 0. The van der Waals surface area contributed by atoms with Crippen LogP contribution in [-0.2, 0) is 0 Å². The van der Waals surface area contributed by atoms with Crippen LogP contribution in [0.1, 0.15) is 15.9 Å². The Bertz CT molecular complexity index is 660. The number of anilines is 1. The first-order chi connectivity index (χ1) is 9.11. The summed E-state index contributed by atoms with van der Waals surface area (Å²) >= 11 is 11.8. The van der Waals surface area contributed by atoms with Gasteiger partial charge in [-0.3, -0.25) is 4.79 Å². The summed E-state index contributed by atoms with van der Waals surface area (Å²) in [4.78, 5) is 12.0. The average molecular weight is 291 g/mol. The minimum atomic E-state index is -0.350. The molecule has 19 heavy (non-hydrogen) atoms. The molecule has 2 aromatic carbocycles. The molecule has 0 aliphatic rings. The Balaban J connectivity index is 2.21. The summed E-state index contributed by atoms with van der Waals surface area (Å²) in [6.07, 6.45) is 0. The number of nitrogens with zero attached hydrogens (tertiary/aromatic N) is 1. The van der Waals surface area contributed by atoms with E-state index in [0.29, 0.717) is 21.8 Å². The summed E-state index contributed by atoms with van der Waals surface area (Å²) in [6, 6.07) is 13.4. The topological polar surface area (TPSA) is 52.9 Å². The van der Waals surface area contributed by atoms with Gasteiger partial charge in [0.15, 0.2) is 0 Å². The molecule has 2 rings (SSSR count). The maximum atomic E-state index is 12.0. The zero-order valence-corrected chi connectivity index (χ0v) is 11.2. The molecule has 0 radical (unpaired) electrons. The van der Waals surface area contributed by atoms with Gasteiger partial charge in [0.1, 0.15) is 0 Å². The number of nitrogens with one attached hydrogen (secondary N) is 1. The smallest absolute Gasteiger partial charge is 0.257 e. The maximum absolute atomic E-state index is 12.0. The van der Waals surface area contributed by atoms with E-state index in [1.807, 2.05) is 6.07 Å². The van der Waals surface area contributed by atoms with E-state index in [2.05, 4.69) is 5.32 Å². The van der Waals surface area contributed by atoms with Crippen molar-refractivity contribution >= 4 is 34.8 Å². The van der Waals surface area contributed by atoms with E-state index in [1.54, 1.807) is 42.5 Å². The number of hydrogen-bond acceptors (Lipinski definition) is 2. The van der Waals surface area contributed by atoms with Crippen LogP contribution in [0.2, 0.25) is 10.0 Å². The molecule has 1 N–H and O–H groups in total. The monoisotopic (exact) mass is 290 g/mol. The average Bonchev–Trinajstić information content (AvgIpc) is 2.42. The Hall–Kier alpha value is -2.02. The maximum Gasteiger partial charge on any atom is 0.257 e. The number of rotatable bonds is 2. The van der Waals surface area contributed by atoms with Crippen LogP contribution >= 0.6 is 23.2 Å². The number of carbonyl (C=O) groups excluding carboxylic acids is 1. The van der Waals surface area contributed by atoms with Crippen LogP contribution < -0.4 is 5.32 Å². The van der Waals surface area contributed by atoms with E-state index in [-0.39, 0.29) is 10.9 Å². The zero-order chi connectivity index (χ0) is 13.8. The van der Waals surface area contributed by atoms with Crippen LogP contribution in [-0.4, -0.2) is 5.91 Å². The summed E-state index contributed by atoms with van der Waals surface area (Å²) in [5.41, 5.74) is 1.41. The molecule has 0 bridgehead atoms. The van der Waals surface area contributed by atoms with Crippen LogP contribution in [0, 0.1) is 11.3 Å². The quantitative estimate of drug-likeness (QED) is 0.905.